The lowest BCUT2D eigenvalue weighted by molar-refractivity contribution is 0.467. The lowest BCUT2D eigenvalue weighted by Crippen LogP contribution is -2.15. The number of aromatic hydroxyl groups is 1. The molecule has 27 heavy (non-hydrogen) atoms. The van der Waals surface area contributed by atoms with Crippen molar-refractivity contribution < 1.29 is 5.11 Å². The summed E-state index contributed by atoms with van der Waals surface area (Å²) in [6, 6.07) is 10.5. The maximum Gasteiger partial charge on any atom is 0.128 e. The fourth-order valence-electron chi connectivity index (χ4n) is 3.10. The Bertz CT molecular complexity index is 952. The second-order valence-corrected chi connectivity index (χ2v) is 8.21. The summed E-state index contributed by atoms with van der Waals surface area (Å²) in [6.07, 6.45) is 1.95. The number of nitrogens with zero attached hydrogens (tertiary/aromatic N) is 2. The number of aromatic amines is 1. The zero-order valence-corrected chi connectivity index (χ0v) is 18.0. The average Bonchev–Trinajstić information content (AvgIpc) is 3.02. The van der Waals surface area contributed by atoms with Crippen LogP contribution >= 0.6 is 46.6 Å². The van der Waals surface area contributed by atoms with Crippen LogP contribution in [0.4, 0.5) is 5.82 Å². The van der Waals surface area contributed by atoms with Crippen LogP contribution in [0.2, 0.25) is 15.1 Å². The molecule has 0 aliphatic rings. The van der Waals surface area contributed by atoms with Crippen molar-refractivity contribution in [3.05, 3.63) is 68.2 Å². The van der Waals surface area contributed by atoms with Crippen LogP contribution in [0.5, 0.6) is 5.75 Å². The van der Waals surface area contributed by atoms with Crippen molar-refractivity contribution in [2.75, 3.05) is 25.3 Å². The first-order valence-electron chi connectivity index (χ1n) is 8.07. The minimum atomic E-state index is -0.429. The molecular formula is C19H18Cl3N3OS. The van der Waals surface area contributed by atoms with Crippen molar-refractivity contribution in [2.24, 2.45) is 0 Å². The molecule has 1 heterocycles. The van der Waals surface area contributed by atoms with E-state index in [9.17, 15) is 5.11 Å². The van der Waals surface area contributed by atoms with E-state index >= 15 is 0 Å². The summed E-state index contributed by atoms with van der Waals surface area (Å²) in [4.78, 5) is 1.94. The molecule has 2 N–H and O–H groups in total. The smallest absolute Gasteiger partial charge is 0.128 e. The van der Waals surface area contributed by atoms with Gasteiger partial charge in [0.2, 0.25) is 0 Å². The highest BCUT2D eigenvalue weighted by Gasteiger charge is 2.31. The Morgan fingerprint density at radius 1 is 1.07 bits per heavy atom. The molecule has 1 unspecified atom stereocenters. The molecule has 8 heteroatoms. The van der Waals surface area contributed by atoms with Gasteiger partial charge in [0.25, 0.3) is 0 Å². The summed E-state index contributed by atoms with van der Waals surface area (Å²) in [5.74, 6) is 0.541. The van der Waals surface area contributed by atoms with Gasteiger partial charge in [-0.3, -0.25) is 5.10 Å². The zero-order chi connectivity index (χ0) is 19.7. The van der Waals surface area contributed by atoms with Crippen molar-refractivity contribution in [1.82, 2.24) is 10.2 Å². The number of anilines is 1. The number of hydrogen-bond acceptors (Lipinski definition) is 4. The normalized spacial score (nSPS) is 12.2. The molecule has 1 aromatic heterocycles. The molecule has 0 aliphatic heterocycles. The van der Waals surface area contributed by atoms with E-state index in [4.69, 9.17) is 34.8 Å². The third-order valence-corrected chi connectivity index (χ3v) is 5.80. The van der Waals surface area contributed by atoms with Crippen LogP contribution < -0.4 is 4.90 Å². The van der Waals surface area contributed by atoms with Gasteiger partial charge in [0.1, 0.15) is 16.6 Å². The highest BCUT2D eigenvalue weighted by Crippen LogP contribution is 2.48. The second kappa shape index (κ2) is 8.23. The van der Waals surface area contributed by atoms with E-state index in [1.807, 2.05) is 37.4 Å². The standard InChI is InChI=1S/C19H18Cl3N3OS/c1-25(2)18-17(19(27-3)24-23-18)15(11-6-4-5-7-14(11)26)16-12(21)8-10(20)9-13(16)22/h4-9,15,26H,1-3H3,(H,23,24). The van der Waals surface area contributed by atoms with Crippen molar-refractivity contribution in [3.8, 4) is 5.75 Å². The molecule has 0 bridgehead atoms. The van der Waals surface area contributed by atoms with E-state index in [1.165, 1.54) is 11.8 Å². The predicted molar refractivity (Wildman–Crippen MR) is 115 cm³/mol. The molecular weight excluding hydrogens is 425 g/mol. The average molecular weight is 443 g/mol. The maximum atomic E-state index is 10.6. The first kappa shape index (κ1) is 20.2. The van der Waals surface area contributed by atoms with E-state index in [0.717, 1.165) is 16.4 Å². The quantitative estimate of drug-likeness (QED) is 0.473. The number of H-pyrrole nitrogens is 1. The lowest BCUT2D eigenvalue weighted by Gasteiger charge is -2.24. The van der Waals surface area contributed by atoms with Crippen LogP contribution in [0.1, 0.15) is 22.6 Å². The molecule has 3 aromatic rings. The molecule has 142 valence electrons. The molecule has 0 aliphatic carbocycles. The molecule has 0 amide bonds. The fourth-order valence-corrected chi connectivity index (χ4v) is 4.70. The Kier molecular flexibility index (Phi) is 6.16. The zero-order valence-electron chi connectivity index (χ0n) is 14.9. The first-order chi connectivity index (χ1) is 12.8. The molecule has 0 saturated carbocycles. The van der Waals surface area contributed by atoms with Crippen molar-refractivity contribution in [1.29, 1.82) is 0 Å². The van der Waals surface area contributed by atoms with Crippen LogP contribution in [-0.4, -0.2) is 35.7 Å². The maximum absolute atomic E-state index is 10.6. The number of rotatable bonds is 5. The summed E-state index contributed by atoms with van der Waals surface area (Å²) >= 11 is 20.8. The van der Waals surface area contributed by atoms with E-state index in [2.05, 4.69) is 10.2 Å². The first-order valence-corrected chi connectivity index (χ1v) is 10.4. The molecule has 0 spiro atoms. The second-order valence-electron chi connectivity index (χ2n) is 6.16. The number of benzene rings is 2. The number of hydrogen-bond donors (Lipinski definition) is 2. The third-order valence-electron chi connectivity index (χ3n) is 4.26. The van der Waals surface area contributed by atoms with Crippen LogP contribution in [0, 0.1) is 0 Å². The SMILES string of the molecule is CSc1n[nH]c(N(C)C)c1C(c1ccccc1O)c1c(Cl)cc(Cl)cc1Cl. The Balaban J connectivity index is 2.39. The number of thioether (sulfide) groups is 1. The van der Waals surface area contributed by atoms with Crippen molar-refractivity contribution >= 4 is 52.4 Å². The highest BCUT2D eigenvalue weighted by atomic mass is 35.5. The monoisotopic (exact) mass is 441 g/mol. The minimum Gasteiger partial charge on any atom is -0.508 e. The third kappa shape index (κ3) is 3.87. The number of nitrogens with one attached hydrogen (secondary N) is 1. The van der Waals surface area contributed by atoms with E-state index in [0.29, 0.717) is 26.2 Å². The number of aromatic nitrogens is 2. The van der Waals surface area contributed by atoms with E-state index in [-0.39, 0.29) is 5.75 Å². The largest absolute Gasteiger partial charge is 0.508 e. The van der Waals surface area contributed by atoms with Gasteiger partial charge in [-0.2, -0.15) is 5.10 Å². The fraction of sp³-hybridized carbons (Fsp3) is 0.211. The lowest BCUT2D eigenvalue weighted by atomic mass is 9.85. The molecule has 0 saturated heterocycles. The van der Waals surface area contributed by atoms with Gasteiger partial charge in [0, 0.05) is 51.8 Å². The number of halogens is 3. The van der Waals surface area contributed by atoms with Gasteiger partial charge in [-0.25, -0.2) is 0 Å². The summed E-state index contributed by atoms with van der Waals surface area (Å²) < 4.78 is 0. The predicted octanol–water partition coefficient (Wildman–Crippen LogP) is 6.04. The summed E-state index contributed by atoms with van der Waals surface area (Å²) in [7, 11) is 3.85. The topological polar surface area (TPSA) is 52.2 Å². The van der Waals surface area contributed by atoms with Crippen molar-refractivity contribution in [3.63, 3.8) is 0 Å². The van der Waals surface area contributed by atoms with Gasteiger partial charge in [-0.15, -0.1) is 11.8 Å². The van der Waals surface area contributed by atoms with Crippen LogP contribution in [0.25, 0.3) is 0 Å². The summed E-state index contributed by atoms with van der Waals surface area (Å²) in [5, 5.41) is 20.2. The van der Waals surface area contributed by atoms with Crippen molar-refractivity contribution in [2.45, 2.75) is 10.9 Å². The molecule has 2 aromatic carbocycles. The Hall–Kier alpha value is -1.53. The molecule has 4 nitrogen and oxygen atoms in total. The van der Waals surface area contributed by atoms with E-state index < -0.39 is 5.92 Å². The van der Waals surface area contributed by atoms with Gasteiger partial charge in [0.05, 0.1) is 0 Å². The number of para-hydroxylation sites is 1. The molecule has 0 fully saturated rings. The van der Waals surface area contributed by atoms with Crippen LogP contribution in [-0.2, 0) is 0 Å². The molecule has 0 radical (unpaired) electrons. The Morgan fingerprint density at radius 3 is 2.26 bits per heavy atom. The number of phenolic OH excluding ortho intramolecular Hbond substituents is 1. The molecule has 3 rings (SSSR count). The molecule has 1 atom stereocenters. The van der Waals surface area contributed by atoms with Gasteiger partial charge >= 0.3 is 0 Å². The minimum absolute atomic E-state index is 0.155. The number of phenols is 1. The van der Waals surface area contributed by atoms with Gasteiger partial charge in [-0.05, 0) is 24.5 Å². The van der Waals surface area contributed by atoms with Crippen LogP contribution in [0.15, 0.2) is 41.4 Å². The summed E-state index contributed by atoms with van der Waals surface area (Å²) in [5.41, 5.74) is 2.24. The Labute approximate surface area is 177 Å². The summed E-state index contributed by atoms with van der Waals surface area (Å²) in [6.45, 7) is 0. The highest BCUT2D eigenvalue weighted by molar-refractivity contribution is 7.98. The van der Waals surface area contributed by atoms with Gasteiger partial charge in [0.15, 0.2) is 0 Å². The Morgan fingerprint density at radius 2 is 1.70 bits per heavy atom. The van der Waals surface area contributed by atoms with Gasteiger partial charge < -0.3 is 10.0 Å². The van der Waals surface area contributed by atoms with E-state index in [1.54, 1.807) is 24.3 Å². The van der Waals surface area contributed by atoms with Crippen LogP contribution in [0.3, 0.4) is 0 Å². The van der Waals surface area contributed by atoms with Gasteiger partial charge in [-0.1, -0.05) is 53.0 Å².